The van der Waals surface area contributed by atoms with Crippen molar-refractivity contribution < 1.29 is 47.6 Å². The van der Waals surface area contributed by atoms with Gasteiger partial charge in [0.15, 0.2) is 0 Å². The van der Waals surface area contributed by atoms with E-state index in [1.807, 2.05) is 32.9 Å². The highest BCUT2D eigenvalue weighted by Gasteiger charge is 2.68. The van der Waals surface area contributed by atoms with Gasteiger partial charge in [0, 0.05) is 47.1 Å². The summed E-state index contributed by atoms with van der Waals surface area (Å²) in [5.74, 6) is -3.04. The molecule has 0 bridgehead atoms. The third-order valence-corrected chi connectivity index (χ3v) is 7.30. The number of rotatable bonds is 5. The lowest BCUT2D eigenvalue weighted by Crippen LogP contribution is -2.43. The lowest BCUT2D eigenvalue weighted by molar-refractivity contribution is -0.152. The molecule has 0 aromatic carbocycles. The molecule has 0 radical (unpaired) electrons. The zero-order chi connectivity index (χ0) is 27.5. The fraction of sp³-hybridized carbons (Fsp3) is 0.704. The molecule has 0 spiro atoms. The summed E-state index contributed by atoms with van der Waals surface area (Å²) in [7, 11) is 1.49. The Morgan fingerprint density at radius 1 is 1.00 bits per heavy atom. The van der Waals surface area contributed by atoms with E-state index in [-0.39, 0.29) is 6.61 Å². The first-order valence-electron chi connectivity index (χ1n) is 12.6. The molecule has 2 aliphatic heterocycles. The molecule has 1 aliphatic carbocycles. The summed E-state index contributed by atoms with van der Waals surface area (Å²) in [5, 5.41) is 0. The average Bonchev–Trinajstić information content (AvgIpc) is 3.38. The second-order valence-electron chi connectivity index (χ2n) is 10.3. The minimum atomic E-state index is -0.944. The zero-order valence-corrected chi connectivity index (χ0v) is 22.6. The first-order chi connectivity index (χ1) is 17.4. The van der Waals surface area contributed by atoms with Crippen LogP contribution in [0.4, 0.5) is 0 Å². The van der Waals surface area contributed by atoms with Gasteiger partial charge in [-0.05, 0) is 26.3 Å². The van der Waals surface area contributed by atoms with Crippen LogP contribution >= 0.6 is 0 Å². The minimum absolute atomic E-state index is 0.0911. The molecule has 0 aromatic heterocycles. The van der Waals surface area contributed by atoms with Gasteiger partial charge in [-0.2, -0.15) is 0 Å². The third kappa shape index (κ3) is 6.78. The maximum Gasteiger partial charge on any atom is 0.312 e. The molecule has 10 heteroatoms. The van der Waals surface area contributed by atoms with Crippen LogP contribution < -0.4 is 0 Å². The van der Waals surface area contributed by atoms with E-state index in [0.29, 0.717) is 19.3 Å². The topological polar surface area (TPSA) is 127 Å². The van der Waals surface area contributed by atoms with E-state index in [9.17, 15) is 19.2 Å². The largest absolute Gasteiger partial charge is 0.462 e. The Bertz CT molecular complexity index is 968. The van der Waals surface area contributed by atoms with Gasteiger partial charge in [0.05, 0.1) is 18.4 Å². The number of carbonyl (C=O) groups excluding carboxylic acids is 4. The first-order valence-corrected chi connectivity index (χ1v) is 12.6. The summed E-state index contributed by atoms with van der Waals surface area (Å²) in [6.07, 6.45) is 1.65. The van der Waals surface area contributed by atoms with Crippen molar-refractivity contribution in [2.45, 2.75) is 96.9 Å². The molecule has 2 fully saturated rings. The second kappa shape index (κ2) is 11.8. The molecule has 37 heavy (non-hydrogen) atoms. The van der Waals surface area contributed by atoms with Crippen LogP contribution in [-0.2, 0) is 47.6 Å². The van der Waals surface area contributed by atoms with Crippen LogP contribution in [-0.4, -0.2) is 73.7 Å². The standard InChI is InChI=1S/C27H38O10/c1-14-8-10-20(33-16(3)28)15(2)9-11-22(35-18(5)30)27(6)25(37-27)24-23(21(12-14)34-17(4)29)19(13-32-7)26(31)36-24/h8-9,19-25H,10-13H2,1-7H3/b14-8+,15-9+/t19-,20-,21+,22+,23+,24-,25-,27-/m1/s1. The molecular weight excluding hydrogens is 484 g/mol. The quantitative estimate of drug-likeness (QED) is 0.230. The fourth-order valence-corrected chi connectivity index (χ4v) is 5.40. The van der Waals surface area contributed by atoms with Crippen LogP contribution in [0.5, 0.6) is 0 Å². The molecule has 0 aromatic rings. The van der Waals surface area contributed by atoms with Gasteiger partial charge in [-0.25, -0.2) is 0 Å². The maximum absolute atomic E-state index is 12.9. The van der Waals surface area contributed by atoms with Crippen molar-refractivity contribution >= 4 is 23.9 Å². The highest BCUT2D eigenvalue weighted by molar-refractivity contribution is 5.76. The van der Waals surface area contributed by atoms with E-state index in [1.165, 1.54) is 27.9 Å². The minimum Gasteiger partial charge on any atom is -0.462 e. The molecule has 10 nitrogen and oxygen atoms in total. The number of epoxide rings is 1. The van der Waals surface area contributed by atoms with Crippen molar-refractivity contribution in [3.05, 3.63) is 23.3 Å². The number of fused-ring (bicyclic) bond motifs is 3. The first kappa shape index (κ1) is 28.8. The van der Waals surface area contributed by atoms with Gasteiger partial charge in [-0.3, -0.25) is 19.2 Å². The highest BCUT2D eigenvalue weighted by Crippen LogP contribution is 2.51. The van der Waals surface area contributed by atoms with Crippen molar-refractivity contribution in [3.63, 3.8) is 0 Å². The number of carbonyl (C=O) groups is 4. The van der Waals surface area contributed by atoms with E-state index in [2.05, 4.69) is 0 Å². The van der Waals surface area contributed by atoms with Crippen LogP contribution in [0.3, 0.4) is 0 Å². The summed E-state index contributed by atoms with van der Waals surface area (Å²) in [6.45, 7) is 9.65. The van der Waals surface area contributed by atoms with Crippen molar-refractivity contribution in [2.75, 3.05) is 13.7 Å². The Kier molecular flexibility index (Phi) is 9.18. The molecule has 3 rings (SSSR count). The molecule has 0 amide bonds. The average molecular weight is 523 g/mol. The van der Waals surface area contributed by atoms with E-state index in [1.54, 1.807) is 0 Å². The number of methoxy groups -OCH3 is 1. The molecule has 2 saturated heterocycles. The van der Waals surface area contributed by atoms with Crippen molar-refractivity contribution in [1.82, 2.24) is 0 Å². The van der Waals surface area contributed by atoms with Gasteiger partial charge in [0.25, 0.3) is 0 Å². The number of esters is 4. The van der Waals surface area contributed by atoms with E-state index in [0.717, 1.165) is 11.1 Å². The summed E-state index contributed by atoms with van der Waals surface area (Å²) in [6, 6.07) is 0. The molecule has 0 N–H and O–H groups in total. The normalized spacial score (nSPS) is 38.8. The maximum atomic E-state index is 12.9. The van der Waals surface area contributed by atoms with E-state index in [4.69, 9.17) is 28.4 Å². The van der Waals surface area contributed by atoms with Crippen LogP contribution in [0.2, 0.25) is 0 Å². The lowest BCUT2D eigenvalue weighted by Gasteiger charge is -2.30. The molecule has 2 heterocycles. The summed E-state index contributed by atoms with van der Waals surface area (Å²) in [5.41, 5.74) is 0.760. The van der Waals surface area contributed by atoms with Crippen LogP contribution in [0.25, 0.3) is 0 Å². The summed E-state index contributed by atoms with van der Waals surface area (Å²) in [4.78, 5) is 48.8. The van der Waals surface area contributed by atoms with Crippen molar-refractivity contribution in [1.29, 1.82) is 0 Å². The molecule has 0 saturated carbocycles. The van der Waals surface area contributed by atoms with Gasteiger partial charge in [0.2, 0.25) is 0 Å². The molecule has 3 aliphatic rings. The summed E-state index contributed by atoms with van der Waals surface area (Å²) < 4.78 is 34.2. The van der Waals surface area contributed by atoms with Gasteiger partial charge < -0.3 is 28.4 Å². The van der Waals surface area contributed by atoms with E-state index >= 15 is 0 Å². The molecule has 0 unspecified atom stereocenters. The summed E-state index contributed by atoms with van der Waals surface area (Å²) >= 11 is 0. The Balaban J connectivity index is 2.08. The van der Waals surface area contributed by atoms with E-state index < -0.39 is 71.8 Å². The number of hydrogen-bond acceptors (Lipinski definition) is 10. The molecule has 8 atom stereocenters. The molecular formula is C27H38O10. The lowest BCUT2D eigenvalue weighted by atomic mass is 9.79. The number of ether oxygens (including phenoxy) is 6. The van der Waals surface area contributed by atoms with Crippen LogP contribution in [0.15, 0.2) is 23.3 Å². The Labute approximate surface area is 217 Å². The zero-order valence-electron chi connectivity index (χ0n) is 22.6. The Hall–Kier alpha value is -2.72. The van der Waals surface area contributed by atoms with Gasteiger partial charge in [-0.15, -0.1) is 0 Å². The smallest absolute Gasteiger partial charge is 0.312 e. The highest BCUT2D eigenvalue weighted by atomic mass is 16.7. The number of hydrogen-bond donors (Lipinski definition) is 0. The third-order valence-electron chi connectivity index (χ3n) is 7.30. The SMILES string of the molecule is COC[C@H]1C(=O)O[C@@H]2[C@@H]1[C@@H](OC(C)=O)C/C(C)=C/C[C@@H](OC(C)=O)/C(C)=C/C[C@H](OC(C)=O)[C@@]1(C)O[C@H]21. The monoisotopic (exact) mass is 522 g/mol. The molecule has 206 valence electrons. The van der Waals surface area contributed by atoms with Gasteiger partial charge >= 0.3 is 23.9 Å². The van der Waals surface area contributed by atoms with Crippen molar-refractivity contribution in [3.8, 4) is 0 Å². The Morgan fingerprint density at radius 2 is 1.65 bits per heavy atom. The van der Waals surface area contributed by atoms with Crippen LogP contribution in [0, 0.1) is 11.8 Å². The second-order valence-corrected chi connectivity index (χ2v) is 10.3. The van der Waals surface area contributed by atoms with Crippen LogP contribution in [0.1, 0.15) is 60.8 Å². The fourth-order valence-electron chi connectivity index (χ4n) is 5.40. The van der Waals surface area contributed by atoms with Crippen molar-refractivity contribution in [2.24, 2.45) is 11.8 Å². The Morgan fingerprint density at radius 3 is 2.24 bits per heavy atom. The predicted molar refractivity (Wildman–Crippen MR) is 130 cm³/mol. The van der Waals surface area contributed by atoms with Gasteiger partial charge in [-0.1, -0.05) is 17.7 Å². The predicted octanol–water partition coefficient (Wildman–Crippen LogP) is 2.82. The van der Waals surface area contributed by atoms with Gasteiger partial charge in [0.1, 0.15) is 36.1 Å².